The summed E-state index contributed by atoms with van der Waals surface area (Å²) in [7, 11) is 0. The van der Waals surface area contributed by atoms with E-state index in [-0.39, 0.29) is 6.08 Å². The summed E-state index contributed by atoms with van der Waals surface area (Å²) in [4.78, 5) is 11.1. The second-order valence-electron chi connectivity index (χ2n) is 4.42. The summed E-state index contributed by atoms with van der Waals surface area (Å²) in [5.41, 5.74) is -4.57. The maximum atomic E-state index is 12.8. The number of ketones is 1. The molecule has 0 N–H and O–H groups in total. The first kappa shape index (κ1) is 14.8. The molecule has 0 aliphatic heterocycles. The van der Waals surface area contributed by atoms with Gasteiger partial charge in [0.05, 0.1) is 11.0 Å². The van der Waals surface area contributed by atoms with Crippen molar-refractivity contribution in [1.82, 2.24) is 0 Å². The third-order valence-electron chi connectivity index (χ3n) is 2.79. The predicted octanol–water partition coefficient (Wildman–Crippen LogP) is 3.96. The highest BCUT2D eigenvalue weighted by atomic mass is 19.4. The molecule has 0 aromatic rings. The Morgan fingerprint density at radius 2 is 1.72 bits per heavy atom. The van der Waals surface area contributed by atoms with E-state index in [9.17, 15) is 31.1 Å². The van der Waals surface area contributed by atoms with Crippen LogP contribution in [0.3, 0.4) is 0 Å². The molecule has 0 aromatic carbocycles. The van der Waals surface area contributed by atoms with Crippen LogP contribution in [0.15, 0.2) is 23.3 Å². The number of Topliss-reactive ketones (excluding diaryl/α,β-unsaturated/α-hetero) is 1. The molecule has 1 aliphatic rings. The number of carbonyl (C=O) groups is 1. The highest BCUT2D eigenvalue weighted by molar-refractivity contribution is 5.94. The van der Waals surface area contributed by atoms with E-state index < -0.39 is 41.1 Å². The molecule has 0 aromatic heterocycles. The Kier molecular flexibility index (Phi) is 3.40. The first-order valence-corrected chi connectivity index (χ1v) is 4.95. The minimum absolute atomic E-state index is 0.138. The monoisotopic (exact) mass is 272 g/mol. The van der Waals surface area contributed by atoms with Gasteiger partial charge < -0.3 is 0 Å². The number of rotatable bonds is 1. The van der Waals surface area contributed by atoms with Gasteiger partial charge in [-0.2, -0.15) is 26.3 Å². The van der Waals surface area contributed by atoms with E-state index in [1.165, 1.54) is 0 Å². The zero-order chi connectivity index (χ0) is 14.4. The SMILES string of the molecule is CC(=O)C1=CC(C(F)(F)F)=C[C@](C)(C(F)(F)F)C1. The van der Waals surface area contributed by atoms with Gasteiger partial charge in [-0.25, -0.2) is 0 Å². The van der Waals surface area contributed by atoms with Crippen LogP contribution in [0.25, 0.3) is 0 Å². The number of hydrogen-bond acceptors (Lipinski definition) is 1. The zero-order valence-electron chi connectivity index (χ0n) is 9.54. The molecule has 1 aliphatic carbocycles. The Labute approximate surface area is 99.2 Å². The normalized spacial score (nSPS) is 25.6. The Morgan fingerprint density at radius 1 is 1.22 bits per heavy atom. The summed E-state index contributed by atoms with van der Waals surface area (Å²) in [6.07, 6.45) is -9.91. The van der Waals surface area contributed by atoms with Gasteiger partial charge in [-0.3, -0.25) is 4.79 Å². The molecule has 0 unspecified atom stereocenters. The average Bonchev–Trinajstić information content (AvgIpc) is 2.13. The molecule has 0 saturated carbocycles. The summed E-state index contributed by atoms with van der Waals surface area (Å²) in [6.45, 7) is 1.59. The van der Waals surface area contributed by atoms with Crippen molar-refractivity contribution >= 4 is 5.78 Å². The zero-order valence-corrected chi connectivity index (χ0v) is 9.54. The molecule has 0 radical (unpaired) electrons. The van der Waals surface area contributed by atoms with Gasteiger partial charge in [-0.15, -0.1) is 0 Å². The van der Waals surface area contributed by atoms with Crippen LogP contribution in [0.2, 0.25) is 0 Å². The van der Waals surface area contributed by atoms with Crippen LogP contribution in [-0.2, 0) is 4.79 Å². The summed E-state index contributed by atoms with van der Waals surface area (Å²) in [6, 6.07) is 0. The van der Waals surface area contributed by atoms with Gasteiger partial charge in [0.15, 0.2) is 5.78 Å². The molecule has 0 bridgehead atoms. The van der Waals surface area contributed by atoms with E-state index in [4.69, 9.17) is 0 Å². The number of carbonyl (C=O) groups excluding carboxylic acids is 1. The molecular weight excluding hydrogens is 262 g/mol. The lowest BCUT2D eigenvalue weighted by Gasteiger charge is -2.33. The quantitative estimate of drug-likeness (QED) is 0.660. The third kappa shape index (κ3) is 2.76. The minimum Gasteiger partial charge on any atom is -0.295 e. The highest BCUT2D eigenvalue weighted by Crippen LogP contribution is 2.49. The Hall–Kier alpha value is -1.27. The summed E-state index contributed by atoms with van der Waals surface area (Å²) in [5.74, 6) is -0.791. The Morgan fingerprint density at radius 3 is 2.06 bits per heavy atom. The average molecular weight is 272 g/mol. The predicted molar refractivity (Wildman–Crippen MR) is 51.7 cm³/mol. The van der Waals surface area contributed by atoms with E-state index in [0.29, 0.717) is 13.0 Å². The molecule has 0 amide bonds. The van der Waals surface area contributed by atoms with E-state index in [1.54, 1.807) is 0 Å². The smallest absolute Gasteiger partial charge is 0.295 e. The van der Waals surface area contributed by atoms with Crippen molar-refractivity contribution in [3.05, 3.63) is 23.3 Å². The molecule has 0 spiro atoms. The van der Waals surface area contributed by atoms with Gasteiger partial charge in [0.25, 0.3) is 0 Å². The van der Waals surface area contributed by atoms with Crippen LogP contribution in [-0.4, -0.2) is 18.1 Å². The molecule has 1 nitrogen and oxygen atoms in total. The molecule has 0 saturated heterocycles. The first-order valence-electron chi connectivity index (χ1n) is 4.95. The Bertz CT molecular complexity index is 426. The maximum absolute atomic E-state index is 12.8. The Balaban J connectivity index is 3.35. The minimum atomic E-state index is -4.91. The van der Waals surface area contributed by atoms with Crippen molar-refractivity contribution in [2.75, 3.05) is 0 Å². The van der Waals surface area contributed by atoms with Crippen LogP contribution >= 0.6 is 0 Å². The second kappa shape index (κ2) is 4.13. The van der Waals surface area contributed by atoms with E-state index in [2.05, 4.69) is 0 Å². The van der Waals surface area contributed by atoms with Crippen LogP contribution in [0, 0.1) is 5.41 Å². The lowest BCUT2D eigenvalue weighted by atomic mass is 9.76. The summed E-state index contributed by atoms with van der Waals surface area (Å²) >= 11 is 0. The molecule has 102 valence electrons. The van der Waals surface area contributed by atoms with Gasteiger partial charge in [0.1, 0.15) is 0 Å². The first-order chi connectivity index (χ1) is 7.87. The number of hydrogen-bond donors (Lipinski definition) is 0. The molecule has 0 heterocycles. The van der Waals surface area contributed by atoms with Crippen LogP contribution < -0.4 is 0 Å². The molecule has 18 heavy (non-hydrogen) atoms. The lowest BCUT2D eigenvalue weighted by Crippen LogP contribution is -2.37. The van der Waals surface area contributed by atoms with Crippen molar-refractivity contribution < 1.29 is 31.1 Å². The van der Waals surface area contributed by atoms with E-state index in [0.717, 1.165) is 6.92 Å². The van der Waals surface area contributed by atoms with Gasteiger partial charge in [-0.05, 0) is 31.9 Å². The van der Waals surface area contributed by atoms with E-state index in [1.807, 2.05) is 0 Å². The van der Waals surface area contributed by atoms with Crippen molar-refractivity contribution in [2.24, 2.45) is 5.41 Å². The standard InChI is InChI=1S/C11H10F6O/c1-6(18)7-3-8(10(12,13)14)5-9(2,4-7)11(15,16)17/h3,5H,4H2,1-2H3/t9-/m1/s1. The van der Waals surface area contributed by atoms with Crippen molar-refractivity contribution in [3.63, 3.8) is 0 Å². The van der Waals surface area contributed by atoms with E-state index >= 15 is 0 Å². The van der Waals surface area contributed by atoms with Crippen LogP contribution in [0.1, 0.15) is 20.3 Å². The molecule has 7 heteroatoms. The fourth-order valence-corrected chi connectivity index (χ4v) is 1.64. The van der Waals surface area contributed by atoms with Crippen molar-refractivity contribution in [2.45, 2.75) is 32.6 Å². The van der Waals surface area contributed by atoms with Gasteiger partial charge in [0.2, 0.25) is 0 Å². The second-order valence-corrected chi connectivity index (χ2v) is 4.42. The van der Waals surface area contributed by atoms with Crippen molar-refractivity contribution in [1.29, 1.82) is 0 Å². The van der Waals surface area contributed by atoms with Crippen LogP contribution in [0.4, 0.5) is 26.3 Å². The highest BCUT2D eigenvalue weighted by Gasteiger charge is 2.53. The summed E-state index contributed by atoms with van der Waals surface area (Å²) < 4.78 is 75.9. The fourth-order valence-electron chi connectivity index (χ4n) is 1.64. The number of halogens is 6. The lowest BCUT2D eigenvalue weighted by molar-refractivity contribution is -0.201. The van der Waals surface area contributed by atoms with Gasteiger partial charge >= 0.3 is 12.4 Å². The van der Waals surface area contributed by atoms with Crippen molar-refractivity contribution in [3.8, 4) is 0 Å². The topological polar surface area (TPSA) is 17.1 Å². The fraction of sp³-hybridized carbons (Fsp3) is 0.545. The van der Waals surface area contributed by atoms with Gasteiger partial charge in [0, 0.05) is 0 Å². The largest absolute Gasteiger partial charge is 0.416 e. The summed E-state index contributed by atoms with van der Waals surface area (Å²) in [5, 5.41) is 0. The molecule has 1 atom stereocenters. The van der Waals surface area contributed by atoms with Crippen LogP contribution in [0.5, 0.6) is 0 Å². The molecule has 1 rings (SSSR count). The number of allylic oxidation sites excluding steroid dienone is 4. The van der Waals surface area contributed by atoms with Gasteiger partial charge in [-0.1, -0.05) is 6.08 Å². The maximum Gasteiger partial charge on any atom is 0.416 e. The number of alkyl halides is 6. The molecule has 0 fully saturated rings. The molecular formula is C11H10F6O. The third-order valence-corrected chi connectivity index (χ3v) is 2.79.